The van der Waals surface area contributed by atoms with Crippen molar-refractivity contribution in [2.45, 2.75) is 20.8 Å². The predicted molar refractivity (Wildman–Crippen MR) is 51.1 cm³/mol. The molecule has 1 nitrogen and oxygen atoms in total. The molecule has 1 heterocycles. The van der Waals surface area contributed by atoms with Gasteiger partial charge in [-0.1, -0.05) is 31.5 Å². The molecule has 2 heteroatoms. The number of benzene rings is 1. The van der Waals surface area contributed by atoms with Gasteiger partial charge in [0, 0.05) is 32.7 Å². The minimum atomic E-state index is 0. The zero-order chi connectivity index (χ0) is 8.97. The summed E-state index contributed by atoms with van der Waals surface area (Å²) in [5.41, 5.74) is 2.14. The summed E-state index contributed by atoms with van der Waals surface area (Å²) in [6, 6.07) is 7.94. The summed E-state index contributed by atoms with van der Waals surface area (Å²) < 4.78 is 5.07. The van der Waals surface area contributed by atoms with Crippen molar-refractivity contribution in [1.82, 2.24) is 0 Å². The van der Waals surface area contributed by atoms with Crippen molar-refractivity contribution in [3.05, 3.63) is 36.1 Å². The first-order valence-corrected chi connectivity index (χ1v) is 4.22. The predicted octanol–water partition coefficient (Wildman–Crippen LogP) is 3.57. The molecule has 0 aliphatic rings. The van der Waals surface area contributed by atoms with Crippen LogP contribution in [0.2, 0.25) is 0 Å². The van der Waals surface area contributed by atoms with Crippen molar-refractivity contribution >= 4 is 11.0 Å². The molecule has 67 valence electrons. The summed E-state index contributed by atoms with van der Waals surface area (Å²) >= 11 is 0. The molecule has 2 aromatic rings. The molecule has 0 amide bonds. The molecule has 0 spiro atoms. The van der Waals surface area contributed by atoms with Crippen molar-refractivity contribution in [2.24, 2.45) is 0 Å². The van der Waals surface area contributed by atoms with E-state index in [0.717, 1.165) is 11.0 Å². The zero-order valence-electron chi connectivity index (χ0n) is 8.29. The van der Waals surface area contributed by atoms with Gasteiger partial charge in [-0.3, -0.25) is 0 Å². The largest absolute Gasteiger partial charge is 0.591 e. The fraction of sp³-hybridized carbons (Fsp3) is 0.273. The first kappa shape index (κ1) is 12.9. The van der Waals surface area contributed by atoms with Gasteiger partial charge in [0.05, 0.1) is 0 Å². The maximum Gasteiger partial charge on any atom is 0 e. The van der Waals surface area contributed by atoms with Crippen LogP contribution in [0.25, 0.3) is 11.0 Å². The van der Waals surface area contributed by atoms with Crippen LogP contribution in [0.5, 0.6) is 0 Å². The van der Waals surface area contributed by atoms with Crippen LogP contribution in [0.3, 0.4) is 0 Å². The van der Waals surface area contributed by atoms with Crippen LogP contribution in [0.15, 0.2) is 28.7 Å². The van der Waals surface area contributed by atoms with Gasteiger partial charge in [0.1, 0.15) is 0 Å². The number of hydrogen-bond acceptors (Lipinski definition) is 1. The van der Waals surface area contributed by atoms with Gasteiger partial charge < -0.3 is 4.42 Å². The van der Waals surface area contributed by atoms with E-state index in [-0.39, 0.29) is 32.7 Å². The fourth-order valence-electron chi connectivity index (χ4n) is 1.01. The third-order valence-electron chi connectivity index (χ3n) is 1.55. The third-order valence-corrected chi connectivity index (χ3v) is 1.55. The SMILES string of the molecule is CC.Cc1ccc2c[c-]oc2c1.[Y]. The van der Waals surface area contributed by atoms with Crippen molar-refractivity contribution in [1.29, 1.82) is 0 Å². The molecule has 13 heavy (non-hydrogen) atoms. The number of aryl methyl sites for hydroxylation is 1. The molecular weight excluding hydrogens is 237 g/mol. The van der Waals surface area contributed by atoms with Crippen molar-refractivity contribution in [2.75, 3.05) is 0 Å². The van der Waals surface area contributed by atoms with Crippen LogP contribution >= 0.6 is 0 Å². The molecule has 0 N–H and O–H groups in total. The molecule has 0 aliphatic heterocycles. The van der Waals surface area contributed by atoms with Gasteiger partial charge in [0.2, 0.25) is 0 Å². The van der Waals surface area contributed by atoms with E-state index in [2.05, 4.69) is 12.3 Å². The van der Waals surface area contributed by atoms with Crippen molar-refractivity contribution in [3.63, 3.8) is 0 Å². The molecule has 0 bridgehead atoms. The number of rotatable bonds is 0. The Labute approximate surface area is 104 Å². The van der Waals surface area contributed by atoms with Crippen LogP contribution < -0.4 is 0 Å². The average molecular weight is 250 g/mol. The summed E-state index contributed by atoms with van der Waals surface area (Å²) in [5, 5.41) is 1.12. The molecule has 0 fully saturated rings. The van der Waals surface area contributed by atoms with Crippen LogP contribution in [-0.4, -0.2) is 0 Å². The zero-order valence-corrected chi connectivity index (χ0v) is 11.1. The van der Waals surface area contributed by atoms with Gasteiger partial charge >= 0.3 is 0 Å². The number of furan rings is 1. The normalized spacial score (nSPS) is 8.54. The number of fused-ring (bicyclic) bond motifs is 1. The van der Waals surface area contributed by atoms with Crippen LogP contribution in [-0.2, 0) is 32.7 Å². The fourth-order valence-corrected chi connectivity index (χ4v) is 1.01. The third kappa shape index (κ3) is 3.24. The Morgan fingerprint density at radius 2 is 1.92 bits per heavy atom. The van der Waals surface area contributed by atoms with Gasteiger partial charge in [-0.15, -0.1) is 17.5 Å². The molecule has 0 atom stereocenters. The molecule has 0 unspecified atom stereocenters. The van der Waals surface area contributed by atoms with Crippen LogP contribution in [0.1, 0.15) is 19.4 Å². The maximum absolute atomic E-state index is 5.07. The first-order valence-electron chi connectivity index (χ1n) is 4.22. The molecular formula is C11H13OY-. The van der Waals surface area contributed by atoms with E-state index in [1.807, 2.05) is 39.0 Å². The Morgan fingerprint density at radius 1 is 1.23 bits per heavy atom. The minimum Gasteiger partial charge on any atom is -0.591 e. The quantitative estimate of drug-likeness (QED) is 0.651. The smallest absolute Gasteiger partial charge is 0 e. The summed E-state index contributed by atoms with van der Waals surface area (Å²) in [6.45, 7) is 6.04. The van der Waals surface area contributed by atoms with Gasteiger partial charge in [0.25, 0.3) is 0 Å². The van der Waals surface area contributed by atoms with Crippen molar-refractivity contribution < 1.29 is 37.1 Å². The summed E-state index contributed by atoms with van der Waals surface area (Å²) in [4.78, 5) is 0. The average Bonchev–Trinajstić information content (AvgIpc) is 2.54. The minimum absolute atomic E-state index is 0. The summed E-state index contributed by atoms with van der Waals surface area (Å²) in [5.74, 6) is 0. The van der Waals surface area contributed by atoms with Crippen LogP contribution in [0, 0.1) is 13.2 Å². The first-order chi connectivity index (χ1) is 5.86. The Hall–Kier alpha value is -0.136. The molecule has 0 saturated heterocycles. The van der Waals surface area contributed by atoms with E-state index in [1.165, 1.54) is 5.56 Å². The van der Waals surface area contributed by atoms with E-state index >= 15 is 0 Å². The van der Waals surface area contributed by atoms with E-state index in [9.17, 15) is 0 Å². The van der Waals surface area contributed by atoms with Crippen LogP contribution in [0.4, 0.5) is 0 Å². The Morgan fingerprint density at radius 3 is 2.62 bits per heavy atom. The van der Waals surface area contributed by atoms with Gasteiger partial charge in [-0.05, 0) is 18.8 Å². The van der Waals surface area contributed by atoms with Crippen molar-refractivity contribution in [3.8, 4) is 0 Å². The maximum atomic E-state index is 5.07. The van der Waals surface area contributed by atoms with E-state index < -0.39 is 0 Å². The molecule has 2 rings (SSSR count). The molecule has 1 aromatic carbocycles. The Bertz CT molecular complexity index is 352. The second kappa shape index (κ2) is 6.34. The summed E-state index contributed by atoms with van der Waals surface area (Å²) in [6.07, 6.45) is 2.69. The second-order valence-electron chi connectivity index (χ2n) is 2.41. The summed E-state index contributed by atoms with van der Waals surface area (Å²) in [7, 11) is 0. The molecule has 1 aromatic heterocycles. The topological polar surface area (TPSA) is 13.1 Å². The molecule has 0 saturated carbocycles. The Kier molecular flexibility index (Phi) is 6.27. The standard InChI is InChI=1S/C9H7O.C2H6.Y/c1-7-2-3-8-4-5-10-9(8)6-7;1-2;/h2-4,6H,1H3;1-2H3;/q-1;;. The monoisotopic (exact) mass is 250 g/mol. The number of hydrogen-bond donors (Lipinski definition) is 0. The van der Waals surface area contributed by atoms with E-state index in [4.69, 9.17) is 4.42 Å². The van der Waals surface area contributed by atoms with Gasteiger partial charge in [-0.25, -0.2) is 0 Å². The van der Waals surface area contributed by atoms with E-state index in [0.29, 0.717) is 0 Å². The van der Waals surface area contributed by atoms with Gasteiger partial charge in [-0.2, -0.15) is 0 Å². The van der Waals surface area contributed by atoms with E-state index in [1.54, 1.807) is 0 Å². The Balaban J connectivity index is 0.000000451. The van der Waals surface area contributed by atoms with Gasteiger partial charge in [0.15, 0.2) is 0 Å². The molecule has 0 aliphatic carbocycles. The molecule has 1 radical (unpaired) electrons. The second-order valence-corrected chi connectivity index (χ2v) is 2.41.